The molecular weight excluding hydrogens is 342 g/mol. The number of carboxylic acid groups (broad SMARTS) is 1. The van der Waals surface area contributed by atoms with Gasteiger partial charge in [0.15, 0.2) is 0 Å². The fraction of sp³-hybridized carbons (Fsp3) is 0.238. The fourth-order valence-corrected chi connectivity index (χ4v) is 3.44. The fourth-order valence-electron chi connectivity index (χ4n) is 3.44. The highest BCUT2D eigenvalue weighted by atomic mass is 16.3. The van der Waals surface area contributed by atoms with Gasteiger partial charge in [0, 0.05) is 32.0 Å². The SMILES string of the molecule is O=CO.OC1CN(Cc2cccc(Cn3cccn3)c2)Cc2ccccc21. The Labute approximate surface area is 158 Å². The van der Waals surface area contributed by atoms with E-state index in [1.807, 2.05) is 35.1 Å². The lowest BCUT2D eigenvalue weighted by molar-refractivity contribution is -0.122. The molecule has 2 N–H and O–H groups in total. The Kier molecular flexibility index (Phi) is 6.35. The van der Waals surface area contributed by atoms with Crippen LogP contribution >= 0.6 is 0 Å². The summed E-state index contributed by atoms with van der Waals surface area (Å²) in [6.45, 7) is 2.95. The quantitative estimate of drug-likeness (QED) is 0.695. The van der Waals surface area contributed by atoms with E-state index < -0.39 is 6.10 Å². The number of hydrogen-bond acceptors (Lipinski definition) is 4. The van der Waals surface area contributed by atoms with E-state index >= 15 is 0 Å². The zero-order valence-corrected chi connectivity index (χ0v) is 15.0. The second-order valence-electron chi connectivity index (χ2n) is 6.51. The average molecular weight is 365 g/mol. The molecule has 0 spiro atoms. The zero-order valence-electron chi connectivity index (χ0n) is 15.0. The maximum Gasteiger partial charge on any atom is 0.290 e. The third-order valence-electron chi connectivity index (χ3n) is 4.54. The molecule has 0 aliphatic carbocycles. The van der Waals surface area contributed by atoms with Crippen molar-refractivity contribution >= 4 is 6.47 Å². The molecule has 1 aliphatic heterocycles. The molecule has 2 heterocycles. The molecular formula is C21H23N3O3. The van der Waals surface area contributed by atoms with Gasteiger partial charge in [0.25, 0.3) is 6.47 Å². The monoisotopic (exact) mass is 365 g/mol. The van der Waals surface area contributed by atoms with Crippen LogP contribution in [0.4, 0.5) is 0 Å². The number of aromatic nitrogens is 2. The van der Waals surface area contributed by atoms with Crippen molar-refractivity contribution in [2.24, 2.45) is 0 Å². The largest absolute Gasteiger partial charge is 0.483 e. The van der Waals surface area contributed by atoms with Crippen LogP contribution < -0.4 is 0 Å². The Bertz CT molecular complexity index is 865. The number of fused-ring (bicyclic) bond motifs is 1. The molecule has 0 radical (unpaired) electrons. The zero-order chi connectivity index (χ0) is 19.1. The molecule has 1 aliphatic rings. The molecule has 1 unspecified atom stereocenters. The topological polar surface area (TPSA) is 78.6 Å². The summed E-state index contributed by atoms with van der Waals surface area (Å²) in [5.41, 5.74) is 4.81. The van der Waals surface area contributed by atoms with Gasteiger partial charge in [0.2, 0.25) is 0 Å². The molecule has 6 nitrogen and oxygen atoms in total. The molecule has 2 aromatic carbocycles. The Morgan fingerprint density at radius 3 is 2.56 bits per heavy atom. The van der Waals surface area contributed by atoms with E-state index in [0.717, 1.165) is 25.2 Å². The number of benzene rings is 2. The van der Waals surface area contributed by atoms with Crippen molar-refractivity contribution in [2.45, 2.75) is 25.7 Å². The van der Waals surface area contributed by atoms with Crippen LogP contribution in [0.25, 0.3) is 0 Å². The van der Waals surface area contributed by atoms with Gasteiger partial charge < -0.3 is 10.2 Å². The number of nitrogens with zero attached hydrogens (tertiary/aromatic N) is 3. The van der Waals surface area contributed by atoms with Gasteiger partial charge in [-0.3, -0.25) is 14.4 Å². The smallest absolute Gasteiger partial charge is 0.290 e. The van der Waals surface area contributed by atoms with Crippen LogP contribution in [0.5, 0.6) is 0 Å². The van der Waals surface area contributed by atoms with E-state index in [-0.39, 0.29) is 6.47 Å². The second-order valence-corrected chi connectivity index (χ2v) is 6.51. The molecule has 6 heteroatoms. The molecule has 3 aromatic rings. The summed E-state index contributed by atoms with van der Waals surface area (Å²) in [4.78, 5) is 10.7. The number of hydrogen-bond donors (Lipinski definition) is 2. The second kappa shape index (κ2) is 9.12. The van der Waals surface area contributed by atoms with E-state index in [1.165, 1.54) is 16.7 Å². The normalized spacial score (nSPS) is 16.1. The molecule has 1 atom stereocenters. The van der Waals surface area contributed by atoms with E-state index in [1.54, 1.807) is 6.20 Å². The van der Waals surface area contributed by atoms with Gasteiger partial charge in [0.05, 0.1) is 12.6 Å². The molecule has 140 valence electrons. The Morgan fingerprint density at radius 2 is 1.81 bits per heavy atom. The van der Waals surface area contributed by atoms with E-state index in [9.17, 15) is 5.11 Å². The molecule has 27 heavy (non-hydrogen) atoms. The lowest BCUT2D eigenvalue weighted by Gasteiger charge is -2.32. The van der Waals surface area contributed by atoms with E-state index in [0.29, 0.717) is 6.54 Å². The molecule has 0 saturated heterocycles. The summed E-state index contributed by atoms with van der Waals surface area (Å²) >= 11 is 0. The van der Waals surface area contributed by atoms with Crippen molar-refractivity contribution in [3.8, 4) is 0 Å². The lowest BCUT2D eigenvalue weighted by atomic mass is 9.97. The summed E-state index contributed by atoms with van der Waals surface area (Å²) in [6.07, 6.45) is 3.38. The minimum Gasteiger partial charge on any atom is -0.483 e. The lowest BCUT2D eigenvalue weighted by Crippen LogP contribution is -2.33. The predicted molar refractivity (Wildman–Crippen MR) is 102 cm³/mol. The first-order valence-corrected chi connectivity index (χ1v) is 8.81. The first-order valence-electron chi connectivity index (χ1n) is 8.81. The van der Waals surface area contributed by atoms with Crippen LogP contribution in [0, 0.1) is 0 Å². The molecule has 1 aromatic heterocycles. The summed E-state index contributed by atoms with van der Waals surface area (Å²) in [5, 5.41) is 21.5. The predicted octanol–water partition coefficient (Wildman–Crippen LogP) is 2.68. The maximum absolute atomic E-state index is 10.4. The van der Waals surface area contributed by atoms with Crippen LogP contribution in [-0.4, -0.2) is 37.9 Å². The molecule has 4 rings (SSSR count). The van der Waals surface area contributed by atoms with Gasteiger partial charge in [-0.05, 0) is 28.3 Å². The van der Waals surface area contributed by atoms with E-state index in [4.69, 9.17) is 9.90 Å². The third-order valence-corrected chi connectivity index (χ3v) is 4.54. The van der Waals surface area contributed by atoms with Crippen molar-refractivity contribution in [3.05, 3.63) is 89.2 Å². The summed E-state index contributed by atoms with van der Waals surface area (Å²) < 4.78 is 1.93. The third kappa shape index (κ3) is 5.03. The molecule has 0 saturated carbocycles. The first-order chi connectivity index (χ1) is 13.2. The van der Waals surface area contributed by atoms with Gasteiger partial charge in [-0.15, -0.1) is 0 Å². The van der Waals surface area contributed by atoms with Gasteiger partial charge >= 0.3 is 0 Å². The summed E-state index contributed by atoms with van der Waals surface area (Å²) in [7, 11) is 0. The average Bonchev–Trinajstić information content (AvgIpc) is 3.16. The van der Waals surface area contributed by atoms with Crippen molar-refractivity contribution in [3.63, 3.8) is 0 Å². The van der Waals surface area contributed by atoms with E-state index in [2.05, 4.69) is 40.3 Å². The van der Waals surface area contributed by atoms with Crippen molar-refractivity contribution < 1.29 is 15.0 Å². The van der Waals surface area contributed by atoms with Crippen molar-refractivity contribution in [2.75, 3.05) is 6.54 Å². The first kappa shape index (κ1) is 18.8. The van der Waals surface area contributed by atoms with Crippen LogP contribution in [0.1, 0.15) is 28.4 Å². The van der Waals surface area contributed by atoms with Crippen LogP contribution in [0.15, 0.2) is 67.0 Å². The highest BCUT2D eigenvalue weighted by Gasteiger charge is 2.23. The molecule has 0 fully saturated rings. The van der Waals surface area contributed by atoms with Gasteiger partial charge in [-0.2, -0.15) is 5.10 Å². The number of β-amino-alcohol motifs (C(OH)–C–C–N with tert-alkyl or cyclic N) is 1. The Hall–Kier alpha value is -2.96. The van der Waals surface area contributed by atoms with Crippen LogP contribution in [0.3, 0.4) is 0 Å². The summed E-state index contributed by atoms with van der Waals surface area (Å²) in [5.74, 6) is 0. The number of aliphatic hydroxyl groups excluding tert-OH is 1. The minimum atomic E-state index is -0.401. The maximum atomic E-state index is 10.4. The van der Waals surface area contributed by atoms with Crippen LogP contribution in [-0.2, 0) is 24.4 Å². The van der Waals surface area contributed by atoms with Gasteiger partial charge in [0.1, 0.15) is 0 Å². The Balaban J connectivity index is 0.000000659. The van der Waals surface area contributed by atoms with Crippen molar-refractivity contribution in [1.29, 1.82) is 0 Å². The van der Waals surface area contributed by atoms with Gasteiger partial charge in [-0.1, -0.05) is 48.5 Å². The van der Waals surface area contributed by atoms with Gasteiger partial charge in [-0.25, -0.2) is 0 Å². The van der Waals surface area contributed by atoms with Crippen LogP contribution in [0.2, 0.25) is 0 Å². The Morgan fingerprint density at radius 1 is 1.07 bits per heavy atom. The number of rotatable bonds is 4. The highest BCUT2D eigenvalue weighted by Crippen LogP contribution is 2.27. The van der Waals surface area contributed by atoms with Crippen molar-refractivity contribution in [1.82, 2.24) is 14.7 Å². The summed E-state index contributed by atoms with van der Waals surface area (Å²) in [6, 6.07) is 18.7. The standard InChI is InChI=1S/C20H21N3O.CH2O2/c24-20-15-22(14-18-7-1-2-8-19(18)20)12-16-5-3-6-17(11-16)13-23-10-4-9-21-23;2-1-3/h1-11,20,24H,12-15H2;1H,(H,2,3). The number of carbonyl (C=O) groups is 1. The number of aliphatic hydroxyl groups is 1. The highest BCUT2D eigenvalue weighted by molar-refractivity contribution is 5.33. The minimum absolute atomic E-state index is 0.250. The molecule has 0 amide bonds. The molecule has 0 bridgehead atoms.